The highest BCUT2D eigenvalue weighted by Gasteiger charge is 2.33. The van der Waals surface area contributed by atoms with E-state index >= 15 is 0 Å². The van der Waals surface area contributed by atoms with Gasteiger partial charge in [0, 0.05) is 37.6 Å². The molecule has 5 N–H and O–H groups in total. The Bertz CT molecular complexity index is 1520. The van der Waals surface area contributed by atoms with Crippen molar-refractivity contribution in [2.45, 2.75) is 51.0 Å². The number of nitrogens with one attached hydrogen (secondary N) is 3. The molecule has 44 heavy (non-hydrogen) atoms. The van der Waals surface area contributed by atoms with Gasteiger partial charge in [-0.15, -0.1) is 0 Å². The average molecular weight is 604 g/mol. The van der Waals surface area contributed by atoms with Crippen LogP contribution in [0.2, 0.25) is 0 Å². The number of likely N-dealkylation sites (N-methyl/N-ethyl adjacent to an activating group) is 1. The molecule has 3 aromatic carbocycles. The first-order valence-corrected chi connectivity index (χ1v) is 15.2. The fourth-order valence-corrected chi connectivity index (χ4v) is 5.25. The van der Waals surface area contributed by atoms with Crippen LogP contribution in [0.5, 0.6) is 0 Å². The zero-order chi connectivity index (χ0) is 31.3. The summed E-state index contributed by atoms with van der Waals surface area (Å²) in [5.74, 6) is 0.00651. The molecule has 1 aliphatic carbocycles. The smallest absolute Gasteiger partial charge is 0.340 e. The molecule has 0 spiro atoms. The maximum Gasteiger partial charge on any atom is 0.416 e. The van der Waals surface area contributed by atoms with Crippen molar-refractivity contribution >= 4 is 17.3 Å². The maximum absolute atomic E-state index is 14.0. The first-order chi connectivity index (χ1) is 21.2. The van der Waals surface area contributed by atoms with Crippen LogP contribution in [-0.4, -0.2) is 32.2 Å². The summed E-state index contributed by atoms with van der Waals surface area (Å²) in [6, 6.07) is 23.4. The molecule has 1 heterocycles. The van der Waals surface area contributed by atoms with Gasteiger partial charge in [-0.1, -0.05) is 61.5 Å². The second-order valence-electron chi connectivity index (χ2n) is 11.5. The van der Waals surface area contributed by atoms with E-state index in [0.29, 0.717) is 23.3 Å². The summed E-state index contributed by atoms with van der Waals surface area (Å²) < 4.78 is 41.9. The van der Waals surface area contributed by atoms with Crippen molar-refractivity contribution in [2.24, 2.45) is 11.7 Å². The summed E-state index contributed by atoms with van der Waals surface area (Å²) in [6.45, 7) is 3.75. The van der Waals surface area contributed by atoms with E-state index in [-0.39, 0.29) is 24.7 Å². The van der Waals surface area contributed by atoms with Crippen LogP contribution in [0, 0.1) is 5.92 Å². The number of anilines is 2. The van der Waals surface area contributed by atoms with Crippen LogP contribution in [-0.2, 0) is 11.3 Å². The number of nitrogens with zero attached hydrogens (tertiary/aromatic N) is 1. The van der Waals surface area contributed by atoms with Gasteiger partial charge in [-0.2, -0.15) is 13.2 Å². The summed E-state index contributed by atoms with van der Waals surface area (Å²) in [5, 5.41) is 9.95. The van der Waals surface area contributed by atoms with Gasteiger partial charge >= 0.3 is 6.18 Å². The number of amides is 1. The molecule has 6 nitrogen and oxygen atoms in total. The number of hydrogen-bond donors (Lipinski definition) is 4. The third kappa shape index (κ3) is 8.16. The van der Waals surface area contributed by atoms with Gasteiger partial charge in [-0.3, -0.25) is 4.79 Å². The lowest BCUT2D eigenvalue weighted by molar-refractivity contribution is -0.112. The van der Waals surface area contributed by atoms with Gasteiger partial charge in [0.25, 0.3) is 5.91 Å². The van der Waals surface area contributed by atoms with Crippen molar-refractivity contribution in [3.63, 3.8) is 0 Å². The maximum atomic E-state index is 14.0. The molecule has 1 saturated carbocycles. The topological polar surface area (TPSA) is 92.3 Å². The summed E-state index contributed by atoms with van der Waals surface area (Å²) in [5.41, 5.74) is 9.95. The van der Waals surface area contributed by atoms with Gasteiger partial charge in [0.05, 0.1) is 11.6 Å². The Labute approximate surface area is 257 Å². The standard InChI is InChI=1S/C35H40F3N5O/c1-3-7-28(35(36,37)38)19-32(43(2)30-13-4-8-24(16-30)20-39)34(44)42-29-12-6-11-27(18-29)33(41-21-23-14-15-23)26-10-5-9-25(17-26)31-22-40-31/h4-13,16-19,23,31,33,40-41H,3,14-15,20-22,39H2,1-2H3,(H,42,44)/b28-7-,32-19-. The highest BCUT2D eigenvalue weighted by molar-refractivity contribution is 6.06. The van der Waals surface area contributed by atoms with E-state index in [1.54, 1.807) is 38.2 Å². The number of benzene rings is 3. The van der Waals surface area contributed by atoms with E-state index in [0.717, 1.165) is 41.9 Å². The lowest BCUT2D eigenvalue weighted by atomic mass is 9.95. The van der Waals surface area contributed by atoms with E-state index in [4.69, 9.17) is 5.73 Å². The van der Waals surface area contributed by atoms with Gasteiger partial charge in [-0.05, 0) is 84.3 Å². The van der Waals surface area contributed by atoms with Crippen molar-refractivity contribution in [1.82, 2.24) is 10.6 Å². The number of carbonyl (C=O) groups excluding carboxylic acids is 1. The second kappa shape index (κ2) is 13.8. The molecule has 2 atom stereocenters. The number of carbonyl (C=O) groups is 1. The first-order valence-electron chi connectivity index (χ1n) is 15.2. The zero-order valence-electron chi connectivity index (χ0n) is 25.1. The number of alkyl halides is 3. The van der Waals surface area contributed by atoms with Crippen molar-refractivity contribution in [2.75, 3.05) is 30.4 Å². The predicted molar refractivity (Wildman–Crippen MR) is 170 cm³/mol. The van der Waals surface area contributed by atoms with E-state index in [1.165, 1.54) is 23.3 Å². The Kier molecular flexibility index (Phi) is 9.88. The number of nitrogens with two attached hydrogens (primary N) is 1. The molecule has 2 unspecified atom stereocenters. The Morgan fingerprint density at radius 1 is 1.07 bits per heavy atom. The van der Waals surface area contributed by atoms with Crippen LogP contribution in [0.3, 0.4) is 0 Å². The summed E-state index contributed by atoms with van der Waals surface area (Å²) in [7, 11) is 1.58. The Hall–Kier alpha value is -3.92. The minimum absolute atomic E-state index is 0.104. The molecule has 3 aromatic rings. The van der Waals surface area contributed by atoms with Crippen LogP contribution < -0.4 is 26.6 Å². The van der Waals surface area contributed by atoms with Gasteiger partial charge in [0.15, 0.2) is 0 Å². The summed E-state index contributed by atoms with van der Waals surface area (Å²) in [4.78, 5) is 15.2. The largest absolute Gasteiger partial charge is 0.416 e. The summed E-state index contributed by atoms with van der Waals surface area (Å²) in [6.07, 6.45) is -0.0287. The quantitative estimate of drug-likeness (QED) is 0.0988. The Balaban J connectivity index is 1.46. The van der Waals surface area contributed by atoms with Crippen molar-refractivity contribution in [3.05, 3.63) is 118 Å². The van der Waals surface area contributed by atoms with Crippen LogP contribution in [0.1, 0.15) is 60.5 Å². The number of halogens is 3. The van der Waals surface area contributed by atoms with Crippen LogP contribution in [0.4, 0.5) is 24.5 Å². The third-order valence-electron chi connectivity index (χ3n) is 8.01. The van der Waals surface area contributed by atoms with Crippen LogP contribution in [0.25, 0.3) is 0 Å². The second-order valence-corrected chi connectivity index (χ2v) is 11.5. The molecule has 2 aliphatic rings. The van der Waals surface area contributed by atoms with Gasteiger partial charge < -0.3 is 26.6 Å². The molecule has 0 aromatic heterocycles. The van der Waals surface area contributed by atoms with Gasteiger partial charge in [0.2, 0.25) is 0 Å². The monoisotopic (exact) mass is 603 g/mol. The first kappa shape index (κ1) is 31.5. The molecule has 1 aliphatic heterocycles. The number of rotatable bonds is 13. The van der Waals surface area contributed by atoms with Gasteiger partial charge in [-0.25, -0.2) is 0 Å². The van der Waals surface area contributed by atoms with E-state index < -0.39 is 17.7 Å². The highest BCUT2D eigenvalue weighted by atomic mass is 19.4. The molecule has 0 bridgehead atoms. The Morgan fingerprint density at radius 2 is 1.77 bits per heavy atom. The third-order valence-corrected chi connectivity index (χ3v) is 8.01. The number of allylic oxidation sites excluding steroid dienone is 3. The molecule has 9 heteroatoms. The zero-order valence-corrected chi connectivity index (χ0v) is 25.1. The molecular weight excluding hydrogens is 563 g/mol. The van der Waals surface area contributed by atoms with E-state index in [9.17, 15) is 18.0 Å². The predicted octanol–water partition coefficient (Wildman–Crippen LogP) is 6.74. The normalized spacial score (nSPS) is 17.7. The van der Waals surface area contributed by atoms with Crippen LogP contribution in [0.15, 0.2) is 96.2 Å². The molecule has 1 amide bonds. The molecule has 232 valence electrons. The SMILES string of the molecule is CC/C=C(/C=C(/C(=O)Nc1cccc(C(NCC2CC2)c2cccc(C3CN3)c2)c1)N(C)c1cccc(CN)c1)C(F)(F)F. The molecule has 2 fully saturated rings. The highest BCUT2D eigenvalue weighted by Crippen LogP contribution is 2.33. The fraction of sp³-hybridized carbons (Fsp3) is 0.343. The lowest BCUT2D eigenvalue weighted by Gasteiger charge is -2.24. The lowest BCUT2D eigenvalue weighted by Crippen LogP contribution is -2.29. The Morgan fingerprint density at radius 3 is 2.43 bits per heavy atom. The van der Waals surface area contributed by atoms with Crippen molar-refractivity contribution in [1.29, 1.82) is 0 Å². The molecule has 1 saturated heterocycles. The minimum atomic E-state index is -4.62. The molecule has 5 rings (SSSR count). The summed E-state index contributed by atoms with van der Waals surface area (Å²) >= 11 is 0. The molecule has 0 radical (unpaired) electrons. The molecular formula is C35H40F3N5O. The van der Waals surface area contributed by atoms with Crippen molar-refractivity contribution < 1.29 is 18.0 Å². The van der Waals surface area contributed by atoms with E-state index in [1.807, 2.05) is 24.3 Å². The van der Waals surface area contributed by atoms with E-state index in [2.05, 4.69) is 40.2 Å². The average Bonchev–Trinajstić information content (AvgIpc) is 3.94. The fourth-order valence-electron chi connectivity index (χ4n) is 5.25. The number of hydrogen-bond acceptors (Lipinski definition) is 5. The van der Waals surface area contributed by atoms with Gasteiger partial charge in [0.1, 0.15) is 5.70 Å². The minimum Gasteiger partial charge on any atom is -0.340 e. The van der Waals surface area contributed by atoms with Crippen molar-refractivity contribution in [3.8, 4) is 0 Å². The van der Waals surface area contributed by atoms with Crippen LogP contribution >= 0.6 is 0 Å².